The van der Waals surface area contributed by atoms with Gasteiger partial charge in [-0.25, -0.2) is 0 Å². The standard InChI is InChI=1S/C16H19N3O5S/c1-18(2)14(21)7-17-13(20)9-24-16(23)8-19-11-5-3-4-6-12(11)25-10-15(19)22/h3-6H,7-10H2,1-2H3,(H,17,20). The van der Waals surface area contributed by atoms with Gasteiger partial charge in [0.05, 0.1) is 18.0 Å². The van der Waals surface area contributed by atoms with Crippen molar-refractivity contribution in [2.75, 3.05) is 44.4 Å². The maximum absolute atomic E-state index is 12.0. The third kappa shape index (κ3) is 5.21. The Labute approximate surface area is 149 Å². The van der Waals surface area contributed by atoms with Crippen molar-refractivity contribution in [3.8, 4) is 0 Å². The SMILES string of the molecule is CN(C)C(=O)CNC(=O)COC(=O)CN1C(=O)CSc2ccccc21. The van der Waals surface area contributed by atoms with E-state index in [9.17, 15) is 19.2 Å². The predicted octanol–water partition coefficient (Wildman–Crippen LogP) is -0.127. The van der Waals surface area contributed by atoms with Crippen LogP contribution in [0.4, 0.5) is 5.69 Å². The molecule has 9 heteroatoms. The van der Waals surface area contributed by atoms with Gasteiger partial charge in [-0.05, 0) is 12.1 Å². The third-order valence-electron chi connectivity index (χ3n) is 3.40. The highest BCUT2D eigenvalue weighted by molar-refractivity contribution is 8.00. The highest BCUT2D eigenvalue weighted by Crippen LogP contribution is 2.34. The summed E-state index contributed by atoms with van der Waals surface area (Å²) in [5.41, 5.74) is 0.654. The highest BCUT2D eigenvalue weighted by atomic mass is 32.2. The lowest BCUT2D eigenvalue weighted by atomic mass is 10.2. The number of esters is 1. The minimum absolute atomic E-state index is 0.168. The van der Waals surface area contributed by atoms with E-state index < -0.39 is 18.5 Å². The van der Waals surface area contributed by atoms with E-state index in [1.165, 1.54) is 21.6 Å². The number of hydrogen-bond donors (Lipinski definition) is 1. The molecule has 25 heavy (non-hydrogen) atoms. The Morgan fingerprint density at radius 2 is 2.00 bits per heavy atom. The van der Waals surface area contributed by atoms with E-state index in [0.717, 1.165) is 4.90 Å². The number of likely N-dealkylation sites (N-methyl/N-ethyl adjacent to an activating group) is 1. The molecule has 0 unspecified atom stereocenters. The number of carbonyl (C=O) groups excluding carboxylic acids is 4. The number of para-hydroxylation sites is 1. The lowest BCUT2D eigenvalue weighted by molar-refractivity contribution is -0.147. The summed E-state index contributed by atoms with van der Waals surface area (Å²) in [6.07, 6.45) is 0. The average molecular weight is 365 g/mol. The Kier molecular flexibility index (Phi) is 6.40. The quantitative estimate of drug-likeness (QED) is 0.706. The molecule has 1 heterocycles. The molecule has 0 atom stereocenters. The molecule has 1 N–H and O–H groups in total. The van der Waals surface area contributed by atoms with Crippen LogP contribution in [0.2, 0.25) is 0 Å². The van der Waals surface area contributed by atoms with Gasteiger partial charge in [0.2, 0.25) is 11.8 Å². The second kappa shape index (κ2) is 8.52. The van der Waals surface area contributed by atoms with Crippen LogP contribution in [-0.4, -0.2) is 68.1 Å². The van der Waals surface area contributed by atoms with Crippen LogP contribution < -0.4 is 10.2 Å². The maximum Gasteiger partial charge on any atom is 0.326 e. The summed E-state index contributed by atoms with van der Waals surface area (Å²) in [6, 6.07) is 7.27. The minimum atomic E-state index is -0.691. The normalized spacial score (nSPS) is 13.0. The number of amides is 3. The van der Waals surface area contributed by atoms with Crippen LogP contribution in [0.1, 0.15) is 0 Å². The van der Waals surface area contributed by atoms with Crippen molar-refractivity contribution in [2.45, 2.75) is 4.90 Å². The lowest BCUT2D eigenvalue weighted by Gasteiger charge is -2.27. The first-order chi connectivity index (χ1) is 11.9. The number of rotatable bonds is 6. The molecule has 0 aliphatic carbocycles. The minimum Gasteiger partial charge on any atom is -0.454 e. The van der Waals surface area contributed by atoms with Crippen LogP contribution in [0.5, 0.6) is 0 Å². The van der Waals surface area contributed by atoms with Crippen LogP contribution in [0.3, 0.4) is 0 Å². The van der Waals surface area contributed by atoms with Gasteiger partial charge in [-0.1, -0.05) is 12.1 Å². The topological polar surface area (TPSA) is 96.0 Å². The number of benzene rings is 1. The van der Waals surface area contributed by atoms with Gasteiger partial charge >= 0.3 is 5.97 Å². The smallest absolute Gasteiger partial charge is 0.326 e. The second-order valence-electron chi connectivity index (χ2n) is 5.46. The monoisotopic (exact) mass is 365 g/mol. The van der Waals surface area contributed by atoms with Crippen molar-refractivity contribution in [3.05, 3.63) is 24.3 Å². The summed E-state index contributed by atoms with van der Waals surface area (Å²) in [7, 11) is 3.14. The molecule has 1 aliphatic rings. The summed E-state index contributed by atoms with van der Waals surface area (Å²) in [4.78, 5) is 50.5. The van der Waals surface area contributed by atoms with E-state index in [4.69, 9.17) is 4.74 Å². The molecule has 0 radical (unpaired) electrons. The van der Waals surface area contributed by atoms with E-state index in [1.54, 1.807) is 26.2 Å². The van der Waals surface area contributed by atoms with Gasteiger partial charge in [-0.15, -0.1) is 11.8 Å². The van der Waals surface area contributed by atoms with Crippen molar-refractivity contribution < 1.29 is 23.9 Å². The van der Waals surface area contributed by atoms with Crippen molar-refractivity contribution >= 4 is 41.1 Å². The molecule has 1 aliphatic heterocycles. The molecule has 1 aromatic rings. The Bertz CT molecular complexity index is 692. The van der Waals surface area contributed by atoms with Gasteiger partial charge in [0.15, 0.2) is 6.61 Å². The Balaban J connectivity index is 1.83. The Morgan fingerprint density at radius 1 is 1.28 bits per heavy atom. The van der Waals surface area contributed by atoms with Crippen molar-refractivity contribution in [1.29, 1.82) is 0 Å². The van der Waals surface area contributed by atoms with E-state index in [2.05, 4.69) is 5.32 Å². The fourth-order valence-electron chi connectivity index (χ4n) is 2.03. The van der Waals surface area contributed by atoms with Crippen LogP contribution in [0.15, 0.2) is 29.2 Å². The zero-order chi connectivity index (χ0) is 18.4. The number of thioether (sulfide) groups is 1. The largest absolute Gasteiger partial charge is 0.454 e. The molecule has 0 saturated heterocycles. The molecular weight excluding hydrogens is 346 g/mol. The van der Waals surface area contributed by atoms with E-state index in [-0.39, 0.29) is 30.7 Å². The van der Waals surface area contributed by atoms with Crippen molar-refractivity contribution in [1.82, 2.24) is 10.2 Å². The summed E-state index contributed by atoms with van der Waals surface area (Å²) in [5.74, 6) is -1.49. The zero-order valence-electron chi connectivity index (χ0n) is 14.0. The molecule has 0 spiro atoms. The van der Waals surface area contributed by atoms with Crippen LogP contribution >= 0.6 is 11.8 Å². The van der Waals surface area contributed by atoms with Crippen LogP contribution in [-0.2, 0) is 23.9 Å². The van der Waals surface area contributed by atoms with E-state index in [0.29, 0.717) is 5.69 Å². The number of carbonyl (C=O) groups is 4. The predicted molar refractivity (Wildman–Crippen MR) is 92.2 cm³/mol. The summed E-state index contributed by atoms with van der Waals surface area (Å²) >= 11 is 1.41. The van der Waals surface area contributed by atoms with Gasteiger partial charge in [0, 0.05) is 19.0 Å². The summed E-state index contributed by atoms with van der Waals surface area (Å²) in [5, 5.41) is 2.36. The maximum atomic E-state index is 12.0. The first kappa shape index (κ1) is 18.8. The highest BCUT2D eigenvalue weighted by Gasteiger charge is 2.26. The first-order valence-electron chi connectivity index (χ1n) is 7.53. The molecule has 0 aromatic heterocycles. The van der Waals surface area contributed by atoms with E-state index >= 15 is 0 Å². The average Bonchev–Trinajstić information content (AvgIpc) is 2.60. The van der Waals surface area contributed by atoms with Crippen molar-refractivity contribution in [3.63, 3.8) is 0 Å². The number of ether oxygens (including phenoxy) is 1. The van der Waals surface area contributed by atoms with Gasteiger partial charge in [-0.2, -0.15) is 0 Å². The molecule has 2 rings (SSSR count). The van der Waals surface area contributed by atoms with Gasteiger partial charge in [-0.3, -0.25) is 24.1 Å². The molecule has 1 aromatic carbocycles. The Morgan fingerprint density at radius 3 is 2.72 bits per heavy atom. The molecule has 3 amide bonds. The molecule has 134 valence electrons. The lowest BCUT2D eigenvalue weighted by Crippen LogP contribution is -2.41. The fourth-order valence-corrected chi connectivity index (χ4v) is 2.97. The van der Waals surface area contributed by atoms with Gasteiger partial charge in [0.25, 0.3) is 5.91 Å². The van der Waals surface area contributed by atoms with Crippen LogP contribution in [0.25, 0.3) is 0 Å². The van der Waals surface area contributed by atoms with Gasteiger partial charge in [0.1, 0.15) is 6.54 Å². The fraction of sp³-hybridized carbons (Fsp3) is 0.375. The van der Waals surface area contributed by atoms with Crippen molar-refractivity contribution in [2.24, 2.45) is 0 Å². The number of nitrogens with one attached hydrogen (secondary N) is 1. The molecule has 8 nitrogen and oxygen atoms in total. The number of fused-ring (bicyclic) bond motifs is 1. The molecular formula is C16H19N3O5S. The molecule has 0 fully saturated rings. The second-order valence-corrected chi connectivity index (χ2v) is 6.48. The molecule has 0 bridgehead atoms. The zero-order valence-corrected chi connectivity index (χ0v) is 14.8. The summed E-state index contributed by atoms with van der Waals surface area (Å²) < 4.78 is 4.89. The first-order valence-corrected chi connectivity index (χ1v) is 8.51. The number of hydrogen-bond acceptors (Lipinski definition) is 6. The summed E-state index contributed by atoms with van der Waals surface area (Å²) in [6.45, 7) is -0.934. The Hall–Kier alpha value is -2.55. The van der Waals surface area contributed by atoms with E-state index in [1.807, 2.05) is 12.1 Å². The third-order valence-corrected chi connectivity index (χ3v) is 4.44. The number of nitrogens with zero attached hydrogens (tertiary/aromatic N) is 2. The number of anilines is 1. The van der Waals surface area contributed by atoms with Gasteiger partial charge < -0.3 is 15.0 Å². The molecule has 0 saturated carbocycles. The van der Waals surface area contributed by atoms with Crippen LogP contribution in [0, 0.1) is 0 Å².